The summed E-state index contributed by atoms with van der Waals surface area (Å²) in [5.74, 6) is -1.05. The number of anilines is 2. The fraction of sp³-hybridized carbons (Fsp3) is 0.500. The van der Waals surface area contributed by atoms with E-state index in [9.17, 15) is 42.3 Å². The quantitative estimate of drug-likeness (QED) is 0.0694. The molecule has 4 aromatic rings. The van der Waals surface area contributed by atoms with Crippen molar-refractivity contribution in [2.75, 3.05) is 44.4 Å². The molecule has 0 bridgehead atoms. The van der Waals surface area contributed by atoms with Crippen LogP contribution in [-0.2, 0) is 21.4 Å². The summed E-state index contributed by atoms with van der Waals surface area (Å²) in [5.41, 5.74) is 0.459. The maximum absolute atomic E-state index is 13.1. The summed E-state index contributed by atoms with van der Waals surface area (Å²) in [6, 6.07) is 10.8. The molecule has 3 fully saturated rings. The second-order valence-corrected chi connectivity index (χ2v) is 19.4. The fourth-order valence-corrected chi connectivity index (χ4v) is 10.8. The number of fused-ring (bicyclic) bond motifs is 2. The molecule has 4 amide bonds. The number of aliphatic hydroxyl groups is 1. The third-order valence-electron chi connectivity index (χ3n) is 12.7. The first kappa shape index (κ1) is 46.8. The van der Waals surface area contributed by atoms with E-state index >= 15 is 0 Å². The number of benzene rings is 2. The minimum absolute atomic E-state index is 0.0341. The summed E-state index contributed by atoms with van der Waals surface area (Å²) < 4.78 is 39.8. The van der Waals surface area contributed by atoms with Crippen LogP contribution in [-0.4, -0.2) is 107 Å². The van der Waals surface area contributed by atoms with Gasteiger partial charge in [-0.05, 0) is 114 Å². The summed E-state index contributed by atoms with van der Waals surface area (Å²) >= 11 is 1.56. The van der Waals surface area contributed by atoms with Gasteiger partial charge in [-0.3, -0.25) is 24.1 Å². The maximum Gasteiger partial charge on any atom is 0.433 e. The zero-order chi connectivity index (χ0) is 46.1. The topological polar surface area (TPSA) is 165 Å². The van der Waals surface area contributed by atoms with Crippen LogP contribution in [0.1, 0.15) is 131 Å². The average molecular weight is 900 g/mol. The van der Waals surface area contributed by atoms with Crippen LogP contribution in [0.2, 0.25) is 0 Å². The van der Waals surface area contributed by atoms with Gasteiger partial charge in [0, 0.05) is 48.9 Å². The van der Waals surface area contributed by atoms with E-state index in [-0.39, 0.29) is 30.0 Å². The monoisotopic (exact) mass is 899 g/mol. The lowest BCUT2D eigenvalue weighted by Crippen LogP contribution is -2.60. The molecule has 64 heavy (non-hydrogen) atoms. The van der Waals surface area contributed by atoms with Crippen LogP contribution in [0.3, 0.4) is 0 Å². The summed E-state index contributed by atoms with van der Waals surface area (Å²) in [4.78, 5) is 74.7. The van der Waals surface area contributed by atoms with Crippen LogP contribution in [0.15, 0.2) is 48.5 Å². The Bertz CT molecular complexity index is 2420. The maximum atomic E-state index is 13.1. The highest BCUT2D eigenvalue weighted by Crippen LogP contribution is 2.52. The first-order chi connectivity index (χ1) is 30.3. The molecule has 2 saturated carbocycles. The van der Waals surface area contributed by atoms with E-state index < -0.39 is 41.2 Å². The second-order valence-electron chi connectivity index (χ2n) is 18.3. The highest BCUT2D eigenvalue weighted by Gasteiger charge is 2.50. The highest BCUT2D eigenvalue weighted by atomic mass is 32.1. The number of nitrogens with zero attached hydrogens (tertiary/aromatic N) is 5. The van der Waals surface area contributed by atoms with Crippen molar-refractivity contribution in [1.29, 1.82) is 0 Å². The number of carbonyl (C=O) groups excluding carboxylic acids is 5. The Balaban J connectivity index is 0.000000191. The normalized spacial score (nSPS) is 18.2. The summed E-state index contributed by atoms with van der Waals surface area (Å²) in [7, 11) is 8.98. The van der Waals surface area contributed by atoms with Crippen LogP contribution < -0.4 is 10.6 Å². The molecule has 338 valence electrons. The number of aromatic nitrogens is 2. The number of nitrogens with one attached hydrogen (secondary N) is 2. The van der Waals surface area contributed by atoms with Gasteiger partial charge in [0.25, 0.3) is 17.7 Å². The molecule has 18 heteroatoms. The first-order valence-corrected chi connectivity index (χ1v) is 22.5. The molecule has 2 aliphatic heterocycles. The van der Waals surface area contributed by atoms with Crippen molar-refractivity contribution in [3.05, 3.63) is 81.6 Å². The van der Waals surface area contributed by atoms with Gasteiger partial charge in [-0.25, -0.2) is 9.97 Å². The number of halogens is 3. The SMILES string of the molecule is CC(C)(O)c1cc2nc(C3CCCCC3)sc2cc1NC(=O)c1cccc(C(F)(F)F)n1.[B]N(C)C(=O)CCC(C=O)N1C(=O)c2cccc(NCCC3CC4(C3)CN(C)C4)c2C1=O. The summed E-state index contributed by atoms with van der Waals surface area (Å²) in [6.45, 7) is 6.28. The molecule has 4 heterocycles. The zero-order valence-corrected chi connectivity index (χ0v) is 37.3. The Morgan fingerprint density at radius 3 is 2.38 bits per heavy atom. The standard InChI is InChI=1S/C23H29BN4O4.C23H24F3N3O2S/c1-26-13-23(14-26)10-15(11-23)8-9-25-18-5-3-4-17-20(18)22(32)28(21(17)31)16(12-29)6-7-19(30)27(2)24;1-22(2,31)14-11-17-18(32-21(29-17)13-7-4-3-5-8-13)12-16(14)28-20(30)15-9-6-10-19(27-15)23(24,25)26/h3-5,12,15-16,25H,6-11,13-14H2,1-2H3;6,9-13,31H,3-5,7-8H2,1-2H3,(H,28,30). The minimum atomic E-state index is -4.65. The predicted octanol–water partition coefficient (Wildman–Crippen LogP) is 7.55. The molecule has 13 nitrogen and oxygen atoms in total. The Kier molecular flexibility index (Phi) is 13.7. The van der Waals surface area contributed by atoms with E-state index in [2.05, 4.69) is 27.6 Å². The largest absolute Gasteiger partial charge is 0.433 e. The Hall–Kier alpha value is -5.20. The Labute approximate surface area is 375 Å². The summed E-state index contributed by atoms with van der Waals surface area (Å²) in [6.07, 6.45) is 5.24. The average Bonchev–Trinajstić information content (AvgIpc) is 3.76. The number of pyridine rings is 1. The number of imide groups is 1. The smallest absolute Gasteiger partial charge is 0.399 e. The molecule has 2 aromatic carbocycles. The van der Waals surface area contributed by atoms with Crippen molar-refractivity contribution in [2.45, 2.75) is 102 Å². The molecule has 2 aliphatic carbocycles. The molecule has 1 unspecified atom stereocenters. The Morgan fingerprint density at radius 2 is 1.73 bits per heavy atom. The Morgan fingerprint density at radius 1 is 1.03 bits per heavy atom. The molecule has 2 radical (unpaired) electrons. The van der Waals surface area contributed by atoms with Gasteiger partial charge in [0.1, 0.15) is 17.7 Å². The molecule has 2 aromatic heterocycles. The van der Waals surface area contributed by atoms with Gasteiger partial charge in [-0.2, -0.15) is 13.2 Å². The molecular formula is C46H53BF3N7O6S. The van der Waals surface area contributed by atoms with Crippen LogP contribution in [0.4, 0.5) is 24.5 Å². The van der Waals surface area contributed by atoms with Gasteiger partial charge in [0.05, 0.1) is 38.0 Å². The minimum Gasteiger partial charge on any atom is -0.399 e. The van der Waals surface area contributed by atoms with Gasteiger partial charge >= 0.3 is 6.18 Å². The second kappa shape index (κ2) is 18.7. The molecule has 4 aliphatic rings. The van der Waals surface area contributed by atoms with Crippen molar-refractivity contribution in [2.24, 2.45) is 11.3 Å². The van der Waals surface area contributed by atoms with E-state index in [4.69, 9.17) is 13.0 Å². The number of hydrogen-bond acceptors (Lipinski definition) is 11. The zero-order valence-electron chi connectivity index (χ0n) is 36.5. The lowest BCUT2D eigenvalue weighted by atomic mass is 9.57. The van der Waals surface area contributed by atoms with Crippen LogP contribution in [0.25, 0.3) is 10.2 Å². The lowest BCUT2D eigenvalue weighted by Gasteiger charge is -2.58. The van der Waals surface area contributed by atoms with Gasteiger partial charge in [0.2, 0.25) is 13.9 Å². The number of alkyl halides is 3. The van der Waals surface area contributed by atoms with Gasteiger partial charge in [-0.1, -0.05) is 31.4 Å². The third-order valence-corrected chi connectivity index (χ3v) is 13.9. The third kappa shape index (κ3) is 10.2. The van der Waals surface area contributed by atoms with E-state index in [1.165, 1.54) is 58.3 Å². The van der Waals surface area contributed by atoms with Crippen LogP contribution in [0, 0.1) is 11.3 Å². The van der Waals surface area contributed by atoms with E-state index in [1.54, 1.807) is 55.5 Å². The van der Waals surface area contributed by atoms with E-state index in [0.29, 0.717) is 46.0 Å². The number of rotatable bonds is 13. The summed E-state index contributed by atoms with van der Waals surface area (Å²) in [5, 5.41) is 17.7. The number of amides is 4. The molecule has 1 spiro atoms. The number of hydrogen-bond donors (Lipinski definition) is 3. The number of likely N-dealkylation sites (tertiary alicyclic amines) is 1. The molecule has 1 atom stereocenters. The molecule has 8 rings (SSSR count). The number of aldehydes is 1. The van der Waals surface area contributed by atoms with Crippen molar-refractivity contribution < 1.29 is 42.3 Å². The molecular weight excluding hydrogens is 846 g/mol. The van der Waals surface area contributed by atoms with Gasteiger partial charge in [0.15, 0.2) is 0 Å². The molecule has 1 saturated heterocycles. The highest BCUT2D eigenvalue weighted by molar-refractivity contribution is 7.18. The number of carbonyl (C=O) groups is 5. The van der Waals surface area contributed by atoms with Crippen LogP contribution >= 0.6 is 11.3 Å². The van der Waals surface area contributed by atoms with Crippen molar-refractivity contribution in [3.8, 4) is 0 Å². The first-order valence-electron chi connectivity index (χ1n) is 21.7. The lowest BCUT2D eigenvalue weighted by molar-refractivity contribution is -0.141. The van der Waals surface area contributed by atoms with E-state index in [0.717, 1.165) is 62.9 Å². The van der Waals surface area contributed by atoms with Crippen molar-refractivity contribution in [1.82, 2.24) is 24.6 Å². The van der Waals surface area contributed by atoms with Crippen molar-refractivity contribution >= 4 is 70.8 Å². The van der Waals surface area contributed by atoms with Crippen LogP contribution in [0.5, 0.6) is 0 Å². The predicted molar refractivity (Wildman–Crippen MR) is 238 cm³/mol. The van der Waals surface area contributed by atoms with Gasteiger partial charge < -0.3 is 30.2 Å². The van der Waals surface area contributed by atoms with Gasteiger partial charge in [-0.15, -0.1) is 11.3 Å². The fourth-order valence-electron chi connectivity index (χ4n) is 9.63. The molecule has 3 N–H and O–H groups in total. The van der Waals surface area contributed by atoms with Crippen molar-refractivity contribution in [3.63, 3.8) is 0 Å². The van der Waals surface area contributed by atoms with E-state index in [1.807, 2.05) is 0 Å². The number of thiazole rings is 1.